The second-order valence-corrected chi connectivity index (χ2v) is 8.07. The molecule has 1 atom stereocenters. The number of rotatable bonds is 4. The molecule has 3 rings (SSSR count). The van der Waals surface area contributed by atoms with Crippen LogP contribution in [0, 0.1) is 12.3 Å². The molecule has 5 heteroatoms. The van der Waals surface area contributed by atoms with Crippen LogP contribution < -0.4 is 10.6 Å². The van der Waals surface area contributed by atoms with Crippen molar-refractivity contribution in [3.63, 3.8) is 0 Å². The van der Waals surface area contributed by atoms with Gasteiger partial charge >= 0.3 is 0 Å². The van der Waals surface area contributed by atoms with Gasteiger partial charge in [0.25, 0.3) is 5.91 Å². The summed E-state index contributed by atoms with van der Waals surface area (Å²) in [5, 5.41) is 6.88. The Morgan fingerprint density at radius 1 is 1.04 bits per heavy atom. The average molecular weight is 378 g/mol. The number of fused-ring (bicyclic) bond motifs is 1. The molecule has 1 heterocycles. The summed E-state index contributed by atoms with van der Waals surface area (Å²) >= 11 is 0. The molecule has 0 radical (unpaired) electrons. The molecule has 0 bridgehead atoms. The minimum absolute atomic E-state index is 0.101. The van der Waals surface area contributed by atoms with E-state index in [0.717, 1.165) is 22.3 Å². The van der Waals surface area contributed by atoms with Crippen molar-refractivity contribution in [1.82, 2.24) is 5.32 Å². The number of furan rings is 1. The molecule has 1 aromatic heterocycles. The van der Waals surface area contributed by atoms with Gasteiger partial charge in [-0.25, -0.2) is 0 Å². The van der Waals surface area contributed by atoms with Crippen molar-refractivity contribution in [2.75, 3.05) is 5.32 Å². The molecular weight excluding hydrogens is 352 g/mol. The molecular formula is C23H26N2O3. The number of carbonyl (C=O) groups excluding carboxylic acids is 2. The molecule has 2 amide bonds. The van der Waals surface area contributed by atoms with Gasteiger partial charge in [0.05, 0.1) is 6.04 Å². The molecule has 1 unspecified atom stereocenters. The Balaban J connectivity index is 1.76. The number of aryl methyl sites for hydroxylation is 1. The third-order valence-corrected chi connectivity index (χ3v) is 4.69. The summed E-state index contributed by atoms with van der Waals surface area (Å²) in [5.41, 5.74) is 2.40. The molecule has 0 aliphatic heterocycles. The molecule has 28 heavy (non-hydrogen) atoms. The lowest BCUT2D eigenvalue weighted by atomic mass is 9.95. The summed E-state index contributed by atoms with van der Waals surface area (Å²) in [6, 6.07) is 14.5. The Bertz CT molecular complexity index is 1030. The van der Waals surface area contributed by atoms with E-state index in [2.05, 4.69) is 10.6 Å². The van der Waals surface area contributed by atoms with Crippen LogP contribution in [0.25, 0.3) is 11.0 Å². The first-order chi connectivity index (χ1) is 13.2. The van der Waals surface area contributed by atoms with E-state index in [-0.39, 0.29) is 17.9 Å². The van der Waals surface area contributed by atoms with E-state index in [1.165, 1.54) is 0 Å². The lowest BCUT2D eigenvalue weighted by Crippen LogP contribution is -2.28. The van der Waals surface area contributed by atoms with Gasteiger partial charge in [0, 0.05) is 27.6 Å². The molecule has 0 saturated carbocycles. The van der Waals surface area contributed by atoms with Gasteiger partial charge in [-0.15, -0.1) is 0 Å². The molecule has 0 fully saturated rings. The van der Waals surface area contributed by atoms with Gasteiger partial charge in [0.2, 0.25) is 5.91 Å². The highest BCUT2D eigenvalue weighted by Gasteiger charge is 2.22. The van der Waals surface area contributed by atoms with Crippen LogP contribution in [0.3, 0.4) is 0 Å². The van der Waals surface area contributed by atoms with Crippen LogP contribution in [0.15, 0.2) is 52.9 Å². The number of benzene rings is 2. The number of anilines is 1. The van der Waals surface area contributed by atoms with Crippen LogP contribution in [0.4, 0.5) is 5.69 Å². The van der Waals surface area contributed by atoms with Gasteiger partial charge in [-0.2, -0.15) is 0 Å². The summed E-state index contributed by atoms with van der Waals surface area (Å²) in [5.74, 6) is 0.419. The zero-order valence-corrected chi connectivity index (χ0v) is 16.9. The topological polar surface area (TPSA) is 71.3 Å². The van der Waals surface area contributed by atoms with Crippen LogP contribution in [0.1, 0.15) is 55.4 Å². The van der Waals surface area contributed by atoms with Gasteiger partial charge in [0.1, 0.15) is 11.3 Å². The van der Waals surface area contributed by atoms with Crippen molar-refractivity contribution in [1.29, 1.82) is 0 Å². The van der Waals surface area contributed by atoms with Crippen molar-refractivity contribution in [3.8, 4) is 0 Å². The summed E-state index contributed by atoms with van der Waals surface area (Å²) in [6.07, 6.45) is 0. The SMILES string of the molecule is Cc1c(C(C)NC(=O)c2cccc(NC(=O)C(C)(C)C)c2)oc2ccccc12. The third-order valence-electron chi connectivity index (χ3n) is 4.69. The van der Waals surface area contributed by atoms with Crippen LogP contribution in [0.5, 0.6) is 0 Å². The first-order valence-corrected chi connectivity index (χ1v) is 9.37. The second-order valence-electron chi connectivity index (χ2n) is 8.07. The van der Waals surface area contributed by atoms with Gasteiger partial charge in [0.15, 0.2) is 0 Å². The summed E-state index contributed by atoms with van der Waals surface area (Å²) < 4.78 is 5.94. The highest BCUT2D eigenvalue weighted by molar-refractivity contribution is 5.98. The number of amides is 2. The minimum Gasteiger partial charge on any atom is -0.459 e. The van der Waals surface area contributed by atoms with Crippen molar-refractivity contribution < 1.29 is 14.0 Å². The van der Waals surface area contributed by atoms with Crippen molar-refractivity contribution >= 4 is 28.5 Å². The highest BCUT2D eigenvalue weighted by atomic mass is 16.3. The normalized spacial score (nSPS) is 12.6. The van der Waals surface area contributed by atoms with E-state index >= 15 is 0 Å². The fraction of sp³-hybridized carbons (Fsp3) is 0.304. The standard InChI is InChI=1S/C23H26N2O3/c1-14-18-11-6-7-12-19(18)28-20(14)15(2)24-21(26)16-9-8-10-17(13-16)25-22(27)23(3,4)5/h6-13,15H,1-5H3,(H,24,26)(H,25,27). The maximum atomic E-state index is 12.7. The zero-order chi connectivity index (χ0) is 20.5. The minimum atomic E-state index is -0.508. The van der Waals surface area contributed by atoms with Gasteiger partial charge in [-0.05, 0) is 38.1 Å². The zero-order valence-electron chi connectivity index (χ0n) is 16.9. The maximum Gasteiger partial charge on any atom is 0.251 e. The predicted molar refractivity (Wildman–Crippen MR) is 111 cm³/mol. The smallest absolute Gasteiger partial charge is 0.251 e. The van der Waals surface area contributed by atoms with E-state index in [4.69, 9.17) is 4.42 Å². The summed E-state index contributed by atoms with van der Waals surface area (Å²) in [4.78, 5) is 24.9. The predicted octanol–water partition coefficient (Wildman–Crippen LogP) is 5.22. The fourth-order valence-electron chi connectivity index (χ4n) is 3.01. The largest absolute Gasteiger partial charge is 0.459 e. The molecule has 2 N–H and O–H groups in total. The maximum absolute atomic E-state index is 12.7. The first kappa shape index (κ1) is 19.7. The molecule has 146 valence electrons. The Morgan fingerprint density at radius 2 is 1.75 bits per heavy atom. The van der Waals surface area contributed by atoms with E-state index in [1.54, 1.807) is 24.3 Å². The van der Waals surface area contributed by atoms with Gasteiger partial charge in [-0.1, -0.05) is 45.0 Å². The van der Waals surface area contributed by atoms with Crippen LogP contribution in [-0.4, -0.2) is 11.8 Å². The Hall–Kier alpha value is -3.08. The Morgan fingerprint density at radius 3 is 2.43 bits per heavy atom. The van der Waals surface area contributed by atoms with Crippen molar-refractivity contribution in [3.05, 3.63) is 65.4 Å². The fourth-order valence-corrected chi connectivity index (χ4v) is 3.01. The number of hydrogen-bond donors (Lipinski definition) is 2. The summed E-state index contributed by atoms with van der Waals surface area (Å²) in [7, 11) is 0. The van der Waals surface area contributed by atoms with Crippen molar-refractivity contribution in [2.24, 2.45) is 5.41 Å². The van der Waals surface area contributed by atoms with E-state index < -0.39 is 5.41 Å². The van der Waals surface area contributed by atoms with Crippen molar-refractivity contribution in [2.45, 2.75) is 40.7 Å². The number of hydrogen-bond acceptors (Lipinski definition) is 3. The highest BCUT2D eigenvalue weighted by Crippen LogP contribution is 2.29. The molecule has 5 nitrogen and oxygen atoms in total. The van der Waals surface area contributed by atoms with Crippen LogP contribution >= 0.6 is 0 Å². The monoisotopic (exact) mass is 378 g/mol. The molecule has 0 aliphatic carbocycles. The quantitative estimate of drug-likeness (QED) is 0.654. The van der Waals surface area contributed by atoms with E-state index in [1.807, 2.05) is 58.9 Å². The number of para-hydroxylation sites is 1. The molecule has 0 spiro atoms. The van der Waals surface area contributed by atoms with Gasteiger partial charge < -0.3 is 15.1 Å². The first-order valence-electron chi connectivity index (χ1n) is 9.37. The molecule has 0 aliphatic rings. The number of carbonyl (C=O) groups is 2. The lowest BCUT2D eigenvalue weighted by Gasteiger charge is -2.18. The molecule has 3 aromatic rings. The third kappa shape index (κ3) is 4.09. The Labute approximate surface area is 165 Å². The van der Waals surface area contributed by atoms with Crippen LogP contribution in [0.2, 0.25) is 0 Å². The molecule has 0 saturated heterocycles. The van der Waals surface area contributed by atoms with E-state index in [0.29, 0.717) is 11.3 Å². The summed E-state index contributed by atoms with van der Waals surface area (Å²) in [6.45, 7) is 9.42. The molecule has 2 aromatic carbocycles. The van der Waals surface area contributed by atoms with Gasteiger partial charge in [-0.3, -0.25) is 9.59 Å². The van der Waals surface area contributed by atoms with Crippen LogP contribution in [-0.2, 0) is 4.79 Å². The lowest BCUT2D eigenvalue weighted by molar-refractivity contribution is -0.123. The number of nitrogens with one attached hydrogen (secondary N) is 2. The van der Waals surface area contributed by atoms with E-state index in [9.17, 15) is 9.59 Å². The Kier molecular flexibility index (Phi) is 5.27. The second kappa shape index (κ2) is 7.50. The average Bonchev–Trinajstić information content (AvgIpc) is 2.98.